The van der Waals surface area contributed by atoms with E-state index in [0.717, 1.165) is 16.7 Å². The smallest absolute Gasteiger partial charge is 0.244 e. The number of hydrogen-bond acceptors (Lipinski definition) is 2. The maximum atomic E-state index is 12.9. The Morgan fingerprint density at radius 3 is 2.40 bits per heavy atom. The van der Waals surface area contributed by atoms with Crippen LogP contribution in [0.5, 0.6) is 0 Å². The minimum Gasteiger partial charge on any atom is -0.370 e. The molecule has 2 aromatic rings. The normalized spacial score (nSPS) is 11.9. The maximum absolute atomic E-state index is 12.9. The summed E-state index contributed by atoms with van der Waals surface area (Å²) in [5.74, 6) is -0.791. The Hall–Kier alpha value is -2.36. The van der Waals surface area contributed by atoms with Gasteiger partial charge in [0.05, 0.1) is 0 Å². The van der Waals surface area contributed by atoms with Gasteiger partial charge in [0.1, 0.15) is 11.9 Å². The predicted octanol–water partition coefficient (Wildman–Crippen LogP) is 3.08. The summed E-state index contributed by atoms with van der Waals surface area (Å²) in [6.45, 7) is 3.93. The van der Waals surface area contributed by atoms with Crippen LogP contribution >= 0.6 is 0 Å². The molecule has 20 heavy (non-hydrogen) atoms. The van der Waals surface area contributed by atoms with Crippen LogP contribution in [0.25, 0.3) is 0 Å². The number of primary amides is 1. The molecular weight excluding hydrogens is 255 g/mol. The van der Waals surface area contributed by atoms with E-state index in [4.69, 9.17) is 5.73 Å². The van der Waals surface area contributed by atoms with E-state index >= 15 is 0 Å². The molecule has 4 heteroatoms. The van der Waals surface area contributed by atoms with Crippen LogP contribution in [0, 0.1) is 19.7 Å². The van der Waals surface area contributed by atoms with Crippen molar-refractivity contribution in [3.8, 4) is 0 Å². The third-order valence-electron chi connectivity index (χ3n) is 3.40. The van der Waals surface area contributed by atoms with Crippen molar-refractivity contribution in [1.29, 1.82) is 0 Å². The van der Waals surface area contributed by atoms with Crippen LogP contribution in [-0.4, -0.2) is 5.91 Å². The Kier molecular flexibility index (Phi) is 4.03. The Morgan fingerprint density at radius 1 is 1.15 bits per heavy atom. The first kappa shape index (κ1) is 14.1. The van der Waals surface area contributed by atoms with Crippen molar-refractivity contribution in [2.24, 2.45) is 5.73 Å². The third-order valence-corrected chi connectivity index (χ3v) is 3.40. The van der Waals surface area contributed by atoms with Crippen LogP contribution in [-0.2, 0) is 4.79 Å². The van der Waals surface area contributed by atoms with Crippen molar-refractivity contribution >= 4 is 11.6 Å². The zero-order valence-corrected chi connectivity index (χ0v) is 11.5. The first-order chi connectivity index (χ1) is 9.49. The van der Waals surface area contributed by atoms with Crippen LogP contribution in [0.1, 0.15) is 22.7 Å². The first-order valence-electron chi connectivity index (χ1n) is 6.36. The Balaban J connectivity index is 2.34. The summed E-state index contributed by atoms with van der Waals surface area (Å²) >= 11 is 0. The van der Waals surface area contributed by atoms with Gasteiger partial charge in [-0.2, -0.15) is 0 Å². The summed E-state index contributed by atoms with van der Waals surface area (Å²) in [6.07, 6.45) is 0. The van der Waals surface area contributed by atoms with Crippen molar-refractivity contribution in [1.82, 2.24) is 0 Å². The van der Waals surface area contributed by atoms with E-state index in [2.05, 4.69) is 5.32 Å². The zero-order chi connectivity index (χ0) is 14.7. The van der Waals surface area contributed by atoms with Crippen LogP contribution in [0.3, 0.4) is 0 Å². The molecule has 0 aromatic heterocycles. The van der Waals surface area contributed by atoms with E-state index in [0.29, 0.717) is 5.69 Å². The molecule has 0 aliphatic heterocycles. The number of rotatable bonds is 4. The van der Waals surface area contributed by atoms with Crippen LogP contribution < -0.4 is 11.1 Å². The molecular formula is C16H17FN2O. The molecule has 1 atom stereocenters. The number of anilines is 1. The molecule has 0 bridgehead atoms. The SMILES string of the molecule is Cc1cccc(C(Nc2ccc(F)cc2)C(N)=O)c1C. The minimum absolute atomic E-state index is 0.321. The largest absolute Gasteiger partial charge is 0.370 e. The highest BCUT2D eigenvalue weighted by molar-refractivity contribution is 5.85. The van der Waals surface area contributed by atoms with Crippen molar-refractivity contribution in [3.05, 3.63) is 65.0 Å². The highest BCUT2D eigenvalue weighted by Crippen LogP contribution is 2.24. The van der Waals surface area contributed by atoms with Gasteiger partial charge < -0.3 is 11.1 Å². The zero-order valence-electron chi connectivity index (χ0n) is 11.5. The number of halogens is 1. The summed E-state index contributed by atoms with van der Waals surface area (Å²) in [5.41, 5.74) is 9.09. The lowest BCUT2D eigenvalue weighted by molar-refractivity contribution is -0.118. The fourth-order valence-corrected chi connectivity index (χ4v) is 2.10. The summed E-state index contributed by atoms with van der Waals surface area (Å²) < 4.78 is 12.9. The number of carbonyl (C=O) groups is 1. The van der Waals surface area contributed by atoms with Gasteiger partial charge in [-0.3, -0.25) is 4.79 Å². The summed E-state index contributed by atoms with van der Waals surface area (Å²) in [5, 5.41) is 3.05. The molecule has 0 radical (unpaired) electrons. The number of aryl methyl sites for hydroxylation is 1. The van der Waals surface area contributed by atoms with Gasteiger partial charge in [-0.05, 0) is 54.8 Å². The molecule has 0 saturated carbocycles. The maximum Gasteiger partial charge on any atom is 0.244 e. The van der Waals surface area contributed by atoms with Crippen LogP contribution in [0.4, 0.5) is 10.1 Å². The number of carbonyl (C=O) groups excluding carboxylic acids is 1. The predicted molar refractivity (Wildman–Crippen MR) is 77.9 cm³/mol. The lowest BCUT2D eigenvalue weighted by atomic mass is 9.97. The number of nitrogens with two attached hydrogens (primary N) is 1. The quantitative estimate of drug-likeness (QED) is 0.898. The number of hydrogen-bond donors (Lipinski definition) is 2. The van der Waals surface area contributed by atoms with Gasteiger partial charge >= 0.3 is 0 Å². The Morgan fingerprint density at radius 2 is 1.80 bits per heavy atom. The third kappa shape index (κ3) is 2.96. The Labute approximate surface area is 117 Å². The standard InChI is InChI=1S/C16H17FN2O/c1-10-4-3-5-14(11(10)2)15(16(18)20)19-13-8-6-12(17)7-9-13/h3-9,15,19H,1-2H3,(H2,18,20). The van der Waals surface area contributed by atoms with Gasteiger partial charge in [0.2, 0.25) is 5.91 Å². The van der Waals surface area contributed by atoms with Gasteiger partial charge in [0, 0.05) is 5.69 Å². The van der Waals surface area contributed by atoms with E-state index in [1.54, 1.807) is 12.1 Å². The van der Waals surface area contributed by atoms with Crippen molar-refractivity contribution in [2.45, 2.75) is 19.9 Å². The fourth-order valence-electron chi connectivity index (χ4n) is 2.10. The van der Waals surface area contributed by atoms with E-state index < -0.39 is 11.9 Å². The molecule has 0 spiro atoms. The van der Waals surface area contributed by atoms with Crippen molar-refractivity contribution < 1.29 is 9.18 Å². The molecule has 0 heterocycles. The average Bonchev–Trinajstić information content (AvgIpc) is 2.41. The van der Waals surface area contributed by atoms with Crippen molar-refractivity contribution in [3.63, 3.8) is 0 Å². The molecule has 1 amide bonds. The number of amides is 1. The number of benzene rings is 2. The van der Waals surface area contributed by atoms with E-state index in [1.807, 2.05) is 32.0 Å². The molecule has 3 nitrogen and oxygen atoms in total. The van der Waals surface area contributed by atoms with Gasteiger partial charge in [-0.15, -0.1) is 0 Å². The molecule has 1 unspecified atom stereocenters. The van der Waals surface area contributed by atoms with Gasteiger partial charge in [-0.1, -0.05) is 18.2 Å². The molecule has 2 rings (SSSR count). The molecule has 2 aromatic carbocycles. The highest BCUT2D eigenvalue weighted by Gasteiger charge is 2.20. The molecule has 0 fully saturated rings. The average molecular weight is 272 g/mol. The lowest BCUT2D eigenvalue weighted by Crippen LogP contribution is -2.28. The van der Waals surface area contributed by atoms with E-state index in [-0.39, 0.29) is 5.82 Å². The lowest BCUT2D eigenvalue weighted by Gasteiger charge is -2.20. The molecule has 0 aliphatic carbocycles. The van der Waals surface area contributed by atoms with Crippen LogP contribution in [0.15, 0.2) is 42.5 Å². The summed E-state index contributed by atoms with van der Waals surface area (Å²) in [4.78, 5) is 11.7. The minimum atomic E-state index is -0.639. The highest BCUT2D eigenvalue weighted by atomic mass is 19.1. The van der Waals surface area contributed by atoms with Crippen LogP contribution in [0.2, 0.25) is 0 Å². The van der Waals surface area contributed by atoms with Gasteiger partial charge in [-0.25, -0.2) is 4.39 Å². The molecule has 0 saturated heterocycles. The number of nitrogens with one attached hydrogen (secondary N) is 1. The molecule has 3 N–H and O–H groups in total. The van der Waals surface area contributed by atoms with Gasteiger partial charge in [0.25, 0.3) is 0 Å². The topological polar surface area (TPSA) is 55.1 Å². The monoisotopic (exact) mass is 272 g/mol. The van der Waals surface area contributed by atoms with Gasteiger partial charge in [0.15, 0.2) is 0 Å². The second-order valence-electron chi connectivity index (χ2n) is 4.78. The first-order valence-corrected chi connectivity index (χ1v) is 6.36. The molecule has 104 valence electrons. The van der Waals surface area contributed by atoms with E-state index in [9.17, 15) is 9.18 Å². The summed E-state index contributed by atoms with van der Waals surface area (Å²) in [6, 6.07) is 10.9. The Bertz CT molecular complexity index is 623. The van der Waals surface area contributed by atoms with Crippen molar-refractivity contribution in [2.75, 3.05) is 5.32 Å². The molecule has 0 aliphatic rings. The van der Waals surface area contributed by atoms with E-state index in [1.165, 1.54) is 12.1 Å². The summed E-state index contributed by atoms with van der Waals surface area (Å²) in [7, 11) is 0. The fraction of sp³-hybridized carbons (Fsp3) is 0.188. The second-order valence-corrected chi connectivity index (χ2v) is 4.78. The second kappa shape index (κ2) is 5.74.